The Morgan fingerprint density at radius 2 is 2.00 bits per heavy atom. The van der Waals surface area contributed by atoms with Gasteiger partial charge in [-0.3, -0.25) is 9.78 Å². The van der Waals surface area contributed by atoms with Gasteiger partial charge in [-0.15, -0.1) is 0 Å². The molecule has 2 aromatic heterocycles. The predicted molar refractivity (Wildman–Crippen MR) is 97.0 cm³/mol. The Labute approximate surface area is 145 Å². The molecule has 2 unspecified atom stereocenters. The first kappa shape index (κ1) is 16.9. The maximum absolute atomic E-state index is 11.9. The van der Waals surface area contributed by atoms with Crippen molar-refractivity contribution in [1.29, 1.82) is 0 Å². The summed E-state index contributed by atoms with van der Waals surface area (Å²) >= 11 is 0. The molecule has 0 aliphatic heterocycles. The number of hydrogen-bond donors (Lipinski definition) is 3. The molecule has 0 bridgehead atoms. The number of pyridine rings is 1. The van der Waals surface area contributed by atoms with Crippen molar-refractivity contribution in [3.63, 3.8) is 0 Å². The molecule has 5 N–H and O–H groups in total. The fourth-order valence-electron chi connectivity index (χ4n) is 2.77. The number of fused-ring (bicyclic) bond motifs is 1. The highest BCUT2D eigenvalue weighted by Gasteiger charge is 2.25. The molecule has 0 radical (unpaired) electrons. The summed E-state index contributed by atoms with van der Waals surface area (Å²) in [6.07, 6.45) is 0.960. The van der Waals surface area contributed by atoms with Crippen molar-refractivity contribution in [3.05, 3.63) is 41.6 Å². The first-order valence-electron chi connectivity index (χ1n) is 8.02. The average Bonchev–Trinajstić information content (AvgIpc) is 2.91. The minimum absolute atomic E-state index is 0.139. The van der Waals surface area contributed by atoms with Crippen LogP contribution in [-0.4, -0.2) is 31.9 Å². The van der Waals surface area contributed by atoms with E-state index in [9.17, 15) is 9.90 Å². The molecule has 7 nitrogen and oxygen atoms in total. The zero-order chi connectivity index (χ0) is 18.3. The van der Waals surface area contributed by atoms with Crippen molar-refractivity contribution in [1.82, 2.24) is 14.8 Å². The van der Waals surface area contributed by atoms with Crippen LogP contribution in [0.1, 0.15) is 35.8 Å². The Balaban J connectivity index is 2.20. The fourth-order valence-corrected chi connectivity index (χ4v) is 2.77. The van der Waals surface area contributed by atoms with Gasteiger partial charge in [-0.25, -0.2) is 4.68 Å². The van der Waals surface area contributed by atoms with E-state index in [4.69, 9.17) is 11.5 Å². The van der Waals surface area contributed by atoms with E-state index >= 15 is 0 Å². The van der Waals surface area contributed by atoms with Gasteiger partial charge in [0.2, 0.25) is 0 Å². The summed E-state index contributed by atoms with van der Waals surface area (Å²) in [6, 6.07) is 7.43. The number of anilines is 1. The lowest BCUT2D eigenvalue weighted by molar-refractivity contribution is 0.100. The highest BCUT2D eigenvalue weighted by atomic mass is 16.3. The van der Waals surface area contributed by atoms with E-state index in [2.05, 4.69) is 10.1 Å². The van der Waals surface area contributed by atoms with Crippen LogP contribution in [0, 0.1) is 6.92 Å². The number of aliphatic hydroxyl groups is 1. The lowest BCUT2D eigenvalue weighted by Crippen LogP contribution is -2.22. The van der Waals surface area contributed by atoms with Gasteiger partial charge in [0.05, 0.1) is 17.7 Å². The molecule has 0 saturated carbocycles. The lowest BCUT2D eigenvalue weighted by Gasteiger charge is -2.16. The van der Waals surface area contributed by atoms with Gasteiger partial charge < -0.3 is 16.6 Å². The van der Waals surface area contributed by atoms with E-state index in [0.717, 1.165) is 16.5 Å². The zero-order valence-corrected chi connectivity index (χ0v) is 14.4. The lowest BCUT2D eigenvalue weighted by atomic mass is 10.1. The molecule has 0 aliphatic carbocycles. The number of benzene rings is 1. The van der Waals surface area contributed by atoms with Crippen molar-refractivity contribution >= 4 is 22.6 Å². The van der Waals surface area contributed by atoms with E-state index in [1.807, 2.05) is 31.2 Å². The molecule has 0 aliphatic rings. The molecule has 3 rings (SSSR count). The molecule has 7 heteroatoms. The Bertz CT molecular complexity index is 961. The zero-order valence-electron chi connectivity index (χ0n) is 14.4. The van der Waals surface area contributed by atoms with E-state index in [0.29, 0.717) is 11.3 Å². The number of rotatable bonds is 4. The minimum atomic E-state index is -0.687. The number of nitrogen functional groups attached to an aromatic ring is 1. The van der Waals surface area contributed by atoms with Gasteiger partial charge in [-0.1, -0.05) is 12.1 Å². The highest BCUT2D eigenvalue weighted by Crippen LogP contribution is 2.31. The van der Waals surface area contributed by atoms with Crippen molar-refractivity contribution in [2.24, 2.45) is 5.73 Å². The predicted octanol–water partition coefficient (Wildman–Crippen LogP) is 2.03. The number of amides is 1. The van der Waals surface area contributed by atoms with Crippen LogP contribution in [0.25, 0.3) is 22.2 Å². The number of carbonyl (C=O) groups excluding carboxylic acids is 1. The largest absolute Gasteiger partial charge is 0.391 e. The fraction of sp³-hybridized carbons (Fsp3) is 0.278. The Kier molecular flexibility index (Phi) is 4.18. The van der Waals surface area contributed by atoms with Crippen molar-refractivity contribution in [3.8, 4) is 11.3 Å². The van der Waals surface area contributed by atoms with Gasteiger partial charge >= 0.3 is 0 Å². The first-order valence-corrected chi connectivity index (χ1v) is 8.02. The van der Waals surface area contributed by atoms with Crippen LogP contribution in [-0.2, 0) is 0 Å². The molecule has 2 heterocycles. The van der Waals surface area contributed by atoms with Gasteiger partial charge in [0.25, 0.3) is 5.91 Å². The molecule has 0 spiro atoms. The highest BCUT2D eigenvalue weighted by molar-refractivity contribution is 6.03. The molecular formula is C18H21N5O2. The molecular weight excluding hydrogens is 318 g/mol. The number of aromatic nitrogens is 3. The second kappa shape index (κ2) is 6.18. The van der Waals surface area contributed by atoms with Crippen LogP contribution in [0.3, 0.4) is 0 Å². The SMILES string of the molecule is Cc1ccc2cc(-c3nn(C(C)C(C)O)c(N)c3C(N)=O)cnc2c1. The third kappa shape index (κ3) is 2.94. The number of aliphatic hydroxyl groups excluding tert-OH is 1. The smallest absolute Gasteiger partial charge is 0.254 e. The Hall–Kier alpha value is -2.93. The summed E-state index contributed by atoms with van der Waals surface area (Å²) in [4.78, 5) is 16.4. The van der Waals surface area contributed by atoms with Crippen molar-refractivity contribution in [2.75, 3.05) is 5.73 Å². The van der Waals surface area contributed by atoms with E-state index < -0.39 is 18.1 Å². The molecule has 3 aromatic rings. The molecule has 1 aromatic carbocycles. The molecule has 0 saturated heterocycles. The van der Waals surface area contributed by atoms with Gasteiger partial charge in [-0.2, -0.15) is 5.10 Å². The third-order valence-corrected chi connectivity index (χ3v) is 4.39. The number of aryl methyl sites for hydroxylation is 1. The quantitative estimate of drug-likeness (QED) is 0.672. The summed E-state index contributed by atoms with van der Waals surface area (Å²) in [5.41, 5.74) is 14.7. The molecule has 1 amide bonds. The number of nitrogens with zero attached hydrogens (tertiary/aromatic N) is 3. The summed E-state index contributed by atoms with van der Waals surface area (Å²) in [7, 11) is 0. The van der Waals surface area contributed by atoms with Gasteiger partial charge in [-0.05, 0) is 38.5 Å². The molecule has 130 valence electrons. The first-order chi connectivity index (χ1) is 11.8. The van der Waals surface area contributed by atoms with Gasteiger partial charge in [0, 0.05) is 17.1 Å². The normalized spacial score (nSPS) is 13.8. The Morgan fingerprint density at radius 1 is 1.28 bits per heavy atom. The number of carbonyl (C=O) groups is 1. The van der Waals surface area contributed by atoms with E-state index in [1.165, 1.54) is 4.68 Å². The maximum Gasteiger partial charge on any atom is 0.254 e. The van der Waals surface area contributed by atoms with Crippen molar-refractivity contribution < 1.29 is 9.90 Å². The average molecular weight is 339 g/mol. The molecule has 2 atom stereocenters. The molecule has 0 fully saturated rings. The van der Waals surface area contributed by atoms with Crippen LogP contribution >= 0.6 is 0 Å². The molecule has 25 heavy (non-hydrogen) atoms. The number of primary amides is 1. The van der Waals surface area contributed by atoms with E-state index in [1.54, 1.807) is 20.0 Å². The third-order valence-electron chi connectivity index (χ3n) is 4.39. The van der Waals surface area contributed by atoms with Crippen LogP contribution in [0.5, 0.6) is 0 Å². The van der Waals surface area contributed by atoms with E-state index in [-0.39, 0.29) is 11.4 Å². The van der Waals surface area contributed by atoms with Crippen LogP contribution in [0.15, 0.2) is 30.5 Å². The second-order valence-corrected chi connectivity index (χ2v) is 6.32. The van der Waals surface area contributed by atoms with Gasteiger partial charge in [0.1, 0.15) is 17.1 Å². The van der Waals surface area contributed by atoms with Gasteiger partial charge in [0.15, 0.2) is 0 Å². The Morgan fingerprint density at radius 3 is 2.64 bits per heavy atom. The van der Waals surface area contributed by atoms with Crippen LogP contribution < -0.4 is 11.5 Å². The van der Waals surface area contributed by atoms with Crippen LogP contribution in [0.2, 0.25) is 0 Å². The standard InChI is InChI=1S/C18H21N5O2/c1-9-4-5-12-7-13(8-21-14(12)6-9)16-15(18(20)25)17(19)23(22-16)10(2)11(3)24/h4-8,10-11,24H,19H2,1-3H3,(H2,20,25). The summed E-state index contributed by atoms with van der Waals surface area (Å²) in [5, 5.41) is 15.2. The van der Waals surface area contributed by atoms with Crippen molar-refractivity contribution in [2.45, 2.75) is 32.9 Å². The minimum Gasteiger partial charge on any atom is -0.391 e. The summed E-state index contributed by atoms with van der Waals surface area (Å²) in [5.74, 6) is -0.527. The number of hydrogen-bond acceptors (Lipinski definition) is 5. The monoisotopic (exact) mass is 339 g/mol. The summed E-state index contributed by atoms with van der Waals surface area (Å²) < 4.78 is 1.43. The summed E-state index contributed by atoms with van der Waals surface area (Å²) in [6.45, 7) is 5.40. The van der Waals surface area contributed by atoms with Crippen LogP contribution in [0.4, 0.5) is 5.82 Å². The second-order valence-electron chi connectivity index (χ2n) is 6.32. The number of nitrogens with two attached hydrogens (primary N) is 2. The maximum atomic E-state index is 11.9. The topological polar surface area (TPSA) is 120 Å².